The summed E-state index contributed by atoms with van der Waals surface area (Å²) in [7, 11) is 0. The molecule has 3 aromatic rings. The maximum Gasteiger partial charge on any atom is 0.151 e. The SMILES string of the molecule is C/C=C(\C)NCNCN(/N=C(\CC)C(C)(C)C)c1ccc(F)cc1.C=CCc1c(CO)cn2ncnc(N)c12. The number of halogens is 1. The summed E-state index contributed by atoms with van der Waals surface area (Å²) in [6.45, 7) is 17.4. The van der Waals surface area contributed by atoms with Gasteiger partial charge in [-0.25, -0.2) is 13.9 Å². The zero-order chi connectivity index (χ0) is 29.0. The van der Waals surface area contributed by atoms with Crippen molar-refractivity contribution < 1.29 is 9.50 Å². The van der Waals surface area contributed by atoms with Gasteiger partial charge in [0.2, 0.25) is 0 Å². The summed E-state index contributed by atoms with van der Waals surface area (Å²) in [6, 6.07) is 6.42. The molecule has 0 radical (unpaired) electrons. The van der Waals surface area contributed by atoms with Gasteiger partial charge in [0.1, 0.15) is 17.7 Å². The molecule has 0 amide bonds. The van der Waals surface area contributed by atoms with Gasteiger partial charge in [0, 0.05) is 28.6 Å². The molecule has 9 nitrogen and oxygen atoms in total. The van der Waals surface area contributed by atoms with E-state index in [0.717, 1.165) is 40.2 Å². The lowest BCUT2D eigenvalue weighted by molar-refractivity contribution is 0.281. The van der Waals surface area contributed by atoms with Crippen molar-refractivity contribution in [2.24, 2.45) is 10.5 Å². The van der Waals surface area contributed by atoms with E-state index < -0.39 is 0 Å². The zero-order valence-corrected chi connectivity index (χ0v) is 24.0. The molecule has 0 saturated carbocycles. The molecule has 0 unspecified atom stereocenters. The Labute approximate surface area is 231 Å². The van der Waals surface area contributed by atoms with Crippen LogP contribution in [0.5, 0.6) is 0 Å². The number of hydrogen-bond donors (Lipinski definition) is 4. The second-order valence-electron chi connectivity index (χ2n) is 9.98. The number of hydrazone groups is 1. The Morgan fingerprint density at radius 3 is 2.54 bits per heavy atom. The Kier molecular flexibility index (Phi) is 12.1. The summed E-state index contributed by atoms with van der Waals surface area (Å²) in [4.78, 5) is 3.93. The molecule has 0 aliphatic carbocycles. The molecule has 1 aromatic carbocycles. The lowest BCUT2D eigenvalue weighted by Gasteiger charge is -2.26. The smallest absolute Gasteiger partial charge is 0.151 e. The highest BCUT2D eigenvalue weighted by atomic mass is 19.1. The Hall–Kier alpha value is -3.76. The molecule has 2 aromatic heterocycles. The lowest BCUT2D eigenvalue weighted by atomic mass is 9.88. The van der Waals surface area contributed by atoms with Crippen molar-refractivity contribution in [1.82, 2.24) is 25.2 Å². The molecular formula is C29H43FN8O. The number of hydrogen-bond acceptors (Lipinski definition) is 8. The number of benzene rings is 1. The number of nitrogen functional groups attached to an aromatic ring is 1. The number of nitrogens with zero attached hydrogens (tertiary/aromatic N) is 5. The first kappa shape index (κ1) is 31.5. The third kappa shape index (κ3) is 9.19. The predicted octanol–water partition coefficient (Wildman–Crippen LogP) is 4.99. The van der Waals surface area contributed by atoms with Crippen LogP contribution in [-0.2, 0) is 13.0 Å². The summed E-state index contributed by atoms with van der Waals surface area (Å²) < 4.78 is 14.8. The molecule has 5 N–H and O–H groups in total. The van der Waals surface area contributed by atoms with E-state index in [9.17, 15) is 9.50 Å². The summed E-state index contributed by atoms with van der Waals surface area (Å²) in [5, 5.41) is 26.5. The topological polar surface area (TPSA) is 116 Å². The van der Waals surface area contributed by atoms with Crippen molar-refractivity contribution in [1.29, 1.82) is 0 Å². The third-order valence-corrected chi connectivity index (χ3v) is 6.07. The average molecular weight is 539 g/mol. The molecule has 0 atom stereocenters. The second kappa shape index (κ2) is 15.0. The molecule has 10 heteroatoms. The van der Waals surface area contributed by atoms with Crippen molar-refractivity contribution >= 4 is 22.7 Å². The average Bonchev–Trinajstić information content (AvgIpc) is 3.27. The van der Waals surface area contributed by atoms with Crippen LogP contribution in [0, 0.1) is 11.2 Å². The molecule has 0 aliphatic rings. The first-order valence-corrected chi connectivity index (χ1v) is 13.1. The van der Waals surface area contributed by atoms with Gasteiger partial charge in [-0.1, -0.05) is 39.8 Å². The van der Waals surface area contributed by atoms with Crippen molar-refractivity contribution in [2.75, 3.05) is 24.1 Å². The Morgan fingerprint density at radius 1 is 1.28 bits per heavy atom. The van der Waals surface area contributed by atoms with Gasteiger partial charge in [-0.05, 0) is 56.5 Å². The molecular weight excluding hydrogens is 495 g/mol. The van der Waals surface area contributed by atoms with Crippen molar-refractivity contribution in [3.8, 4) is 0 Å². The number of aliphatic hydroxyl groups is 1. The van der Waals surface area contributed by atoms with Crippen LogP contribution in [0.25, 0.3) is 5.52 Å². The highest BCUT2D eigenvalue weighted by Crippen LogP contribution is 2.23. The van der Waals surface area contributed by atoms with Gasteiger partial charge in [-0.3, -0.25) is 10.3 Å². The summed E-state index contributed by atoms with van der Waals surface area (Å²) >= 11 is 0. The van der Waals surface area contributed by atoms with Gasteiger partial charge in [0.25, 0.3) is 0 Å². The van der Waals surface area contributed by atoms with Crippen LogP contribution in [0.2, 0.25) is 0 Å². The van der Waals surface area contributed by atoms with Crippen LogP contribution in [0.3, 0.4) is 0 Å². The highest BCUT2D eigenvalue weighted by Gasteiger charge is 2.19. The monoisotopic (exact) mass is 538 g/mol. The number of aliphatic hydroxyl groups excluding tert-OH is 1. The van der Waals surface area contributed by atoms with Crippen LogP contribution in [0.1, 0.15) is 59.1 Å². The van der Waals surface area contributed by atoms with E-state index >= 15 is 0 Å². The fraction of sp³-hybridized carbons (Fsp3) is 0.414. The van der Waals surface area contributed by atoms with Crippen LogP contribution in [0.15, 0.2) is 66.3 Å². The molecule has 212 valence electrons. The molecule has 0 spiro atoms. The van der Waals surface area contributed by atoms with Gasteiger partial charge in [-0.2, -0.15) is 10.2 Å². The van der Waals surface area contributed by atoms with Crippen LogP contribution in [-0.4, -0.2) is 38.8 Å². The number of anilines is 2. The number of rotatable bonds is 11. The van der Waals surface area contributed by atoms with Gasteiger partial charge >= 0.3 is 0 Å². The second-order valence-corrected chi connectivity index (χ2v) is 9.98. The maximum atomic E-state index is 13.2. The quantitative estimate of drug-likeness (QED) is 0.0893. The van der Waals surface area contributed by atoms with Gasteiger partial charge in [-0.15, -0.1) is 6.58 Å². The van der Waals surface area contributed by atoms with Gasteiger partial charge in [0.05, 0.1) is 25.6 Å². The zero-order valence-electron chi connectivity index (χ0n) is 24.0. The molecule has 0 saturated heterocycles. The van der Waals surface area contributed by atoms with Crippen molar-refractivity contribution in [3.63, 3.8) is 0 Å². The normalized spacial score (nSPS) is 12.2. The number of fused-ring (bicyclic) bond motifs is 1. The fourth-order valence-corrected chi connectivity index (χ4v) is 3.82. The van der Waals surface area contributed by atoms with E-state index in [0.29, 0.717) is 25.6 Å². The summed E-state index contributed by atoms with van der Waals surface area (Å²) in [5.41, 5.74) is 11.3. The van der Waals surface area contributed by atoms with E-state index in [4.69, 9.17) is 10.8 Å². The minimum Gasteiger partial charge on any atom is -0.392 e. The predicted molar refractivity (Wildman–Crippen MR) is 159 cm³/mol. The first-order valence-electron chi connectivity index (χ1n) is 13.1. The van der Waals surface area contributed by atoms with E-state index in [2.05, 4.69) is 55.0 Å². The molecule has 3 rings (SSSR count). The number of aromatic nitrogens is 3. The fourth-order valence-electron chi connectivity index (χ4n) is 3.82. The maximum absolute atomic E-state index is 13.2. The highest BCUT2D eigenvalue weighted by molar-refractivity contribution is 5.89. The molecule has 2 heterocycles. The van der Waals surface area contributed by atoms with Crippen molar-refractivity contribution in [3.05, 3.63) is 78.2 Å². The molecule has 39 heavy (non-hydrogen) atoms. The Balaban J connectivity index is 0.000000302. The van der Waals surface area contributed by atoms with Crippen LogP contribution in [0.4, 0.5) is 15.9 Å². The van der Waals surface area contributed by atoms with Gasteiger partial charge in [0.15, 0.2) is 5.82 Å². The molecule has 0 fully saturated rings. The van der Waals surface area contributed by atoms with E-state index in [1.165, 1.54) is 18.5 Å². The van der Waals surface area contributed by atoms with E-state index in [1.54, 1.807) is 28.9 Å². The van der Waals surface area contributed by atoms with Crippen molar-refractivity contribution in [2.45, 2.75) is 61.0 Å². The minimum absolute atomic E-state index is 0.00713. The molecule has 0 aliphatic heterocycles. The first-order chi connectivity index (χ1) is 18.5. The van der Waals surface area contributed by atoms with Gasteiger partial charge < -0.3 is 16.2 Å². The Morgan fingerprint density at radius 2 is 1.97 bits per heavy atom. The van der Waals surface area contributed by atoms with Crippen LogP contribution < -0.4 is 21.4 Å². The number of nitrogens with two attached hydrogens (primary N) is 1. The largest absolute Gasteiger partial charge is 0.392 e. The number of nitrogens with one attached hydrogen (secondary N) is 2. The van der Waals surface area contributed by atoms with E-state index in [1.807, 2.05) is 24.9 Å². The lowest BCUT2D eigenvalue weighted by Crippen LogP contribution is -2.37. The standard InChI is InChI=1S/C19H31FN4.C10H12N4O/c1-7-15(3)22-13-21-14-24(17-11-9-16(20)10-12-17)23-18(8-2)19(4,5)6;1-2-3-8-7(5-15)4-14-9(8)10(11)12-6-13-14/h7,9-12,21-22H,8,13-14H2,1-6H3;2,4,6,15H,1,3,5H2,(H2,11,12,13)/b15-7+,23-18+;. The van der Waals surface area contributed by atoms with E-state index in [-0.39, 0.29) is 17.8 Å². The minimum atomic E-state index is -0.243. The Bertz CT molecular complexity index is 1260. The molecule has 0 bridgehead atoms. The third-order valence-electron chi connectivity index (χ3n) is 6.07. The van der Waals surface area contributed by atoms with Crippen LogP contribution >= 0.6 is 0 Å². The summed E-state index contributed by atoms with van der Waals surface area (Å²) in [6.07, 6.45) is 8.45. The number of allylic oxidation sites excluding steroid dienone is 3. The summed E-state index contributed by atoms with van der Waals surface area (Å²) in [5.74, 6) is 0.175.